The maximum Gasteiger partial charge on any atom is 0.0597 e. The molecule has 2 rings (SSSR count). The van der Waals surface area contributed by atoms with Gasteiger partial charge in [-0.2, -0.15) is 5.10 Å². The first-order valence-electron chi connectivity index (χ1n) is 7.15. The fraction of sp³-hybridized carbons (Fsp3) is 0.786. The van der Waals surface area contributed by atoms with E-state index in [0.29, 0.717) is 0 Å². The van der Waals surface area contributed by atoms with Gasteiger partial charge in [0.25, 0.3) is 0 Å². The molecule has 2 heterocycles. The number of nitrogens with zero attached hydrogens (tertiary/aromatic N) is 3. The molecule has 0 amide bonds. The molecule has 4 nitrogen and oxygen atoms in total. The third kappa shape index (κ3) is 3.33. The molecule has 1 aliphatic heterocycles. The van der Waals surface area contributed by atoms with E-state index in [4.69, 9.17) is 0 Å². The van der Waals surface area contributed by atoms with Crippen molar-refractivity contribution in [3.8, 4) is 0 Å². The Bertz CT molecular complexity index is 366. The Morgan fingerprint density at radius 3 is 2.72 bits per heavy atom. The second kappa shape index (κ2) is 6.34. The Morgan fingerprint density at radius 1 is 1.44 bits per heavy atom. The number of hydrogen-bond acceptors (Lipinski definition) is 3. The first kappa shape index (κ1) is 13.6. The number of rotatable bonds is 5. The molecule has 1 saturated heterocycles. The Hall–Kier alpha value is -0.870. The maximum absolute atomic E-state index is 4.45. The van der Waals surface area contributed by atoms with Gasteiger partial charge in [0.2, 0.25) is 0 Å². The van der Waals surface area contributed by atoms with Crippen molar-refractivity contribution in [3.05, 3.63) is 17.5 Å². The molecule has 0 spiro atoms. The average Bonchev–Trinajstić information content (AvgIpc) is 2.68. The summed E-state index contributed by atoms with van der Waals surface area (Å²) in [6, 6.07) is 2.95. The van der Waals surface area contributed by atoms with Crippen molar-refractivity contribution >= 4 is 0 Å². The van der Waals surface area contributed by atoms with Crippen molar-refractivity contribution in [2.45, 2.75) is 45.7 Å². The lowest BCUT2D eigenvalue weighted by Gasteiger charge is -2.34. The van der Waals surface area contributed by atoms with E-state index < -0.39 is 0 Å². The second-order valence-corrected chi connectivity index (χ2v) is 5.35. The zero-order chi connectivity index (χ0) is 13.0. The highest BCUT2D eigenvalue weighted by Crippen LogP contribution is 2.16. The van der Waals surface area contributed by atoms with E-state index in [2.05, 4.69) is 42.3 Å². The Balaban J connectivity index is 2.02. The van der Waals surface area contributed by atoms with Gasteiger partial charge in [-0.15, -0.1) is 0 Å². The molecule has 0 bridgehead atoms. The van der Waals surface area contributed by atoms with E-state index in [9.17, 15) is 0 Å². The molecule has 1 N–H and O–H groups in total. The molecule has 1 fully saturated rings. The fourth-order valence-electron chi connectivity index (χ4n) is 2.87. The highest BCUT2D eigenvalue weighted by molar-refractivity contribution is 5.08. The first-order chi connectivity index (χ1) is 8.70. The summed E-state index contributed by atoms with van der Waals surface area (Å²) in [6.45, 7) is 8.89. The molecule has 1 aromatic rings. The molecule has 1 aliphatic rings. The summed E-state index contributed by atoms with van der Waals surface area (Å²) in [4.78, 5) is 2.64. The zero-order valence-electron chi connectivity index (χ0n) is 11.9. The van der Waals surface area contributed by atoms with Gasteiger partial charge in [0.1, 0.15) is 0 Å². The summed E-state index contributed by atoms with van der Waals surface area (Å²) < 4.78 is 2.03. The molecular weight excluding hydrogens is 224 g/mol. The van der Waals surface area contributed by atoms with Gasteiger partial charge >= 0.3 is 0 Å². The van der Waals surface area contributed by atoms with Crippen molar-refractivity contribution in [2.75, 3.05) is 19.6 Å². The van der Waals surface area contributed by atoms with E-state index in [1.165, 1.54) is 31.5 Å². The van der Waals surface area contributed by atoms with Crippen LogP contribution in [0.15, 0.2) is 6.07 Å². The van der Waals surface area contributed by atoms with Crippen LogP contribution in [0.2, 0.25) is 0 Å². The van der Waals surface area contributed by atoms with Crippen LogP contribution < -0.4 is 5.32 Å². The molecule has 0 aliphatic carbocycles. The minimum Gasteiger partial charge on any atom is -0.317 e. The molecule has 0 radical (unpaired) electrons. The number of aromatic nitrogens is 2. The summed E-state index contributed by atoms with van der Waals surface area (Å²) in [6.07, 6.45) is 3.77. The Morgan fingerprint density at radius 2 is 2.17 bits per heavy atom. The third-order valence-electron chi connectivity index (χ3n) is 3.80. The normalized spacial score (nSPS) is 17.6. The lowest BCUT2D eigenvalue weighted by Crippen LogP contribution is -2.43. The SMILES string of the molecule is CCCN(Cc1cc(C)nn1C)C1CCNCC1. The number of aryl methyl sites for hydroxylation is 2. The van der Waals surface area contributed by atoms with Gasteiger partial charge in [0.15, 0.2) is 0 Å². The van der Waals surface area contributed by atoms with Crippen molar-refractivity contribution in [3.63, 3.8) is 0 Å². The molecule has 0 atom stereocenters. The summed E-state index contributed by atoms with van der Waals surface area (Å²) in [7, 11) is 2.05. The minimum atomic E-state index is 0.737. The topological polar surface area (TPSA) is 33.1 Å². The summed E-state index contributed by atoms with van der Waals surface area (Å²) in [5.41, 5.74) is 2.45. The molecule has 0 unspecified atom stereocenters. The van der Waals surface area contributed by atoms with Crippen LogP contribution in [0.1, 0.15) is 37.6 Å². The van der Waals surface area contributed by atoms with Crippen molar-refractivity contribution in [1.29, 1.82) is 0 Å². The second-order valence-electron chi connectivity index (χ2n) is 5.35. The van der Waals surface area contributed by atoms with Crippen LogP contribution in [-0.2, 0) is 13.6 Å². The van der Waals surface area contributed by atoms with E-state index in [1.54, 1.807) is 0 Å². The van der Waals surface area contributed by atoms with E-state index in [1.807, 2.05) is 4.68 Å². The van der Waals surface area contributed by atoms with Gasteiger partial charge in [-0.3, -0.25) is 9.58 Å². The molecule has 0 saturated carbocycles. The van der Waals surface area contributed by atoms with Crippen LogP contribution in [0.25, 0.3) is 0 Å². The van der Waals surface area contributed by atoms with Crippen molar-refractivity contribution < 1.29 is 0 Å². The predicted molar refractivity (Wildman–Crippen MR) is 74.5 cm³/mol. The van der Waals surface area contributed by atoms with E-state index >= 15 is 0 Å². The Labute approximate surface area is 110 Å². The molecule has 102 valence electrons. The first-order valence-corrected chi connectivity index (χ1v) is 7.15. The Kier molecular flexibility index (Phi) is 4.78. The number of nitrogens with one attached hydrogen (secondary N) is 1. The van der Waals surface area contributed by atoms with E-state index in [-0.39, 0.29) is 0 Å². The molecule has 0 aromatic carbocycles. The molecule has 18 heavy (non-hydrogen) atoms. The lowest BCUT2D eigenvalue weighted by molar-refractivity contribution is 0.150. The largest absolute Gasteiger partial charge is 0.317 e. The fourth-order valence-corrected chi connectivity index (χ4v) is 2.87. The summed E-state index contributed by atoms with van der Waals surface area (Å²) in [5, 5.41) is 7.89. The highest BCUT2D eigenvalue weighted by Gasteiger charge is 2.21. The average molecular weight is 250 g/mol. The van der Waals surface area contributed by atoms with Crippen LogP contribution in [0.5, 0.6) is 0 Å². The monoisotopic (exact) mass is 250 g/mol. The lowest BCUT2D eigenvalue weighted by atomic mass is 10.0. The van der Waals surface area contributed by atoms with Gasteiger partial charge in [-0.05, 0) is 51.9 Å². The van der Waals surface area contributed by atoms with Crippen LogP contribution in [0, 0.1) is 6.92 Å². The number of hydrogen-bond donors (Lipinski definition) is 1. The summed E-state index contributed by atoms with van der Waals surface area (Å²) in [5.74, 6) is 0. The predicted octanol–water partition coefficient (Wildman–Crippen LogP) is 1.69. The standard InChI is InChI=1S/C14H26N4/c1-4-9-18(13-5-7-15-8-6-13)11-14-10-12(2)16-17(14)3/h10,13,15H,4-9,11H2,1-3H3. The molecular formula is C14H26N4. The highest BCUT2D eigenvalue weighted by atomic mass is 15.3. The van der Waals surface area contributed by atoms with Crippen LogP contribution in [0.4, 0.5) is 0 Å². The smallest absolute Gasteiger partial charge is 0.0597 e. The zero-order valence-corrected chi connectivity index (χ0v) is 11.9. The van der Waals surface area contributed by atoms with Crippen LogP contribution in [0.3, 0.4) is 0 Å². The summed E-state index contributed by atoms with van der Waals surface area (Å²) >= 11 is 0. The van der Waals surface area contributed by atoms with Gasteiger partial charge < -0.3 is 5.32 Å². The van der Waals surface area contributed by atoms with Gasteiger partial charge in [0, 0.05) is 19.6 Å². The van der Waals surface area contributed by atoms with Gasteiger partial charge in [-0.1, -0.05) is 6.92 Å². The van der Waals surface area contributed by atoms with Gasteiger partial charge in [-0.25, -0.2) is 0 Å². The van der Waals surface area contributed by atoms with Gasteiger partial charge in [0.05, 0.1) is 11.4 Å². The van der Waals surface area contributed by atoms with Crippen LogP contribution in [-0.4, -0.2) is 40.4 Å². The quantitative estimate of drug-likeness (QED) is 0.863. The maximum atomic E-state index is 4.45. The van der Waals surface area contributed by atoms with E-state index in [0.717, 1.165) is 31.4 Å². The third-order valence-corrected chi connectivity index (χ3v) is 3.80. The van der Waals surface area contributed by atoms with Crippen molar-refractivity contribution in [2.24, 2.45) is 7.05 Å². The van der Waals surface area contributed by atoms with Crippen LogP contribution >= 0.6 is 0 Å². The van der Waals surface area contributed by atoms with Crippen molar-refractivity contribution in [1.82, 2.24) is 20.0 Å². The number of piperidine rings is 1. The minimum absolute atomic E-state index is 0.737. The molecule has 4 heteroatoms. The molecule has 1 aromatic heterocycles.